The van der Waals surface area contributed by atoms with Crippen LogP contribution in [0.15, 0.2) is 85.1 Å². The number of anilines is 3. The van der Waals surface area contributed by atoms with Gasteiger partial charge in [0.25, 0.3) is 0 Å². The molecule has 3 aromatic carbocycles. The van der Waals surface area contributed by atoms with Gasteiger partial charge in [0, 0.05) is 42.9 Å². The molecule has 5 aromatic rings. The number of nitrogens with one attached hydrogen (secondary N) is 1. The van der Waals surface area contributed by atoms with Gasteiger partial charge in [0.1, 0.15) is 5.78 Å². The van der Waals surface area contributed by atoms with Gasteiger partial charge in [-0.2, -0.15) is 4.21 Å². The minimum atomic E-state index is -2.01. The normalized spacial score (nSPS) is 14.9. The molecule has 6 rings (SSSR count). The van der Waals surface area contributed by atoms with Crippen molar-refractivity contribution < 1.29 is 22.7 Å². The molecule has 0 saturated carbocycles. The zero-order valence-electron chi connectivity index (χ0n) is 36.1. The number of hydrogen-bond donors (Lipinski definition) is 1. The molecule has 2 aromatic heterocycles. The number of ether oxygens (including phenoxy) is 1. The summed E-state index contributed by atoms with van der Waals surface area (Å²) in [7, 11) is 2.00. The van der Waals surface area contributed by atoms with Crippen LogP contribution < -0.4 is 23.4 Å². The van der Waals surface area contributed by atoms with Crippen LogP contribution in [0.4, 0.5) is 17.1 Å². The second-order valence-electron chi connectivity index (χ2n) is 15.5. The van der Waals surface area contributed by atoms with E-state index in [0.29, 0.717) is 29.4 Å². The van der Waals surface area contributed by atoms with Gasteiger partial charge in [-0.1, -0.05) is 57.2 Å². The molecule has 1 aliphatic rings. The third-order valence-corrected chi connectivity index (χ3v) is 11.6. The Balaban J connectivity index is 1.33. The Bertz CT molecular complexity index is 2440. The van der Waals surface area contributed by atoms with Gasteiger partial charge in [0.15, 0.2) is 34.6 Å². The van der Waals surface area contributed by atoms with Crippen molar-refractivity contribution in [3.63, 3.8) is 0 Å². The largest absolute Gasteiger partial charge is 0.490 e. The Hall–Kier alpha value is -6.27. The molecule has 0 spiro atoms. The van der Waals surface area contributed by atoms with Crippen molar-refractivity contribution >= 4 is 45.5 Å². The maximum Gasteiger partial charge on any atom is 0.316 e. The van der Waals surface area contributed by atoms with Crippen LogP contribution in [0, 0.1) is 20.4 Å². The predicted octanol–water partition coefficient (Wildman–Crippen LogP) is 8.55. The number of carbonyl (C=O) groups is 2. The second kappa shape index (κ2) is 19.9. The smallest absolute Gasteiger partial charge is 0.316 e. The van der Waals surface area contributed by atoms with E-state index >= 15 is 0 Å². The van der Waals surface area contributed by atoms with Gasteiger partial charge in [-0.05, 0) is 94.6 Å². The van der Waals surface area contributed by atoms with Crippen LogP contribution in [-0.2, 0) is 26.5 Å². The molecule has 0 saturated heterocycles. The van der Waals surface area contributed by atoms with Crippen LogP contribution in [0.2, 0.25) is 0 Å². The molecule has 0 fully saturated rings. The van der Waals surface area contributed by atoms with Crippen molar-refractivity contribution in [2.45, 2.75) is 85.7 Å². The lowest BCUT2D eigenvalue weighted by atomic mass is 10.0. The molecule has 0 amide bonds. The Morgan fingerprint density at radius 3 is 2.36 bits per heavy atom. The van der Waals surface area contributed by atoms with Gasteiger partial charge >= 0.3 is 11.3 Å². The molecule has 1 N–H and O–H groups in total. The summed E-state index contributed by atoms with van der Waals surface area (Å²) in [4.78, 5) is 43.6. The fourth-order valence-corrected chi connectivity index (χ4v) is 8.20. The first kappa shape index (κ1) is 44.3. The van der Waals surface area contributed by atoms with Crippen molar-refractivity contribution in [1.82, 2.24) is 24.3 Å². The van der Waals surface area contributed by atoms with Crippen molar-refractivity contribution in [2.75, 3.05) is 47.8 Å². The zero-order chi connectivity index (χ0) is 43.7. The summed E-state index contributed by atoms with van der Waals surface area (Å²) < 4.78 is 31.9. The van der Waals surface area contributed by atoms with Crippen LogP contribution in [0.25, 0.3) is 21.8 Å². The third kappa shape index (κ3) is 9.86. The van der Waals surface area contributed by atoms with Crippen LogP contribution in [0.1, 0.15) is 83.2 Å². The third-order valence-electron chi connectivity index (χ3n) is 10.9. The molecule has 0 bridgehead atoms. The predicted molar refractivity (Wildman–Crippen MR) is 241 cm³/mol. The highest BCUT2D eigenvalue weighted by Gasteiger charge is 2.52. The number of Topliss-reactive ketones (excluding diaryl/α,β-unsaturated/α-hetero) is 2. The van der Waals surface area contributed by atoms with E-state index in [1.165, 1.54) is 39.5 Å². The standard InChI is InChI=1S/C46H55N9O5S/c1-9-11-12-13-14-15-26-59-40-23-16-32(3)27-41(40)60-61(58)51-39-28-36(18-17-33(39)4)44-49-45-42(35(6)57)43(47-7)46(55(45)50-44,54-25-24-48-31-54)30-53(29-34(5)56)38-21-19-37(20-22-38)52(8)10-2/h16-25,27-28,31,51H,9-15,26,29-30H2,1-6,8H3. The summed E-state index contributed by atoms with van der Waals surface area (Å²) in [5.74, 6) is 0.924. The Morgan fingerprint density at radius 2 is 1.69 bits per heavy atom. The van der Waals surface area contributed by atoms with E-state index in [2.05, 4.69) is 33.3 Å². The molecule has 2 unspecified atom stereocenters. The van der Waals surface area contributed by atoms with Crippen molar-refractivity contribution in [3.8, 4) is 22.9 Å². The van der Waals surface area contributed by atoms with Crippen LogP contribution >= 0.6 is 0 Å². The molecule has 2 atom stereocenters. The molecule has 14 nitrogen and oxygen atoms in total. The van der Waals surface area contributed by atoms with Gasteiger partial charge in [-0.3, -0.25) is 14.3 Å². The molecule has 15 heteroatoms. The summed E-state index contributed by atoms with van der Waals surface area (Å²) in [5.41, 5.74) is 3.34. The van der Waals surface area contributed by atoms with Gasteiger partial charge < -0.3 is 23.3 Å². The van der Waals surface area contributed by atoms with E-state index in [1.54, 1.807) is 40.1 Å². The Kier molecular flexibility index (Phi) is 14.4. The Labute approximate surface area is 361 Å². The molecule has 320 valence electrons. The van der Waals surface area contributed by atoms with E-state index in [9.17, 15) is 13.8 Å². The van der Waals surface area contributed by atoms with E-state index in [-0.39, 0.29) is 47.6 Å². The van der Waals surface area contributed by atoms with Crippen molar-refractivity contribution in [3.05, 3.63) is 113 Å². The van der Waals surface area contributed by atoms with Crippen molar-refractivity contribution in [2.24, 2.45) is 0 Å². The number of imidazole rings is 1. The molecular formula is C46H55N9O5S. The highest BCUT2D eigenvalue weighted by Crippen LogP contribution is 2.45. The van der Waals surface area contributed by atoms with E-state index in [4.69, 9.17) is 25.6 Å². The Morgan fingerprint density at radius 1 is 0.951 bits per heavy atom. The van der Waals surface area contributed by atoms with Gasteiger partial charge in [0.05, 0.1) is 43.9 Å². The number of nitrogens with zero attached hydrogens (tertiary/aromatic N) is 8. The highest BCUT2D eigenvalue weighted by atomic mass is 32.2. The summed E-state index contributed by atoms with van der Waals surface area (Å²) >= 11 is -2.01. The molecule has 0 radical (unpaired) electrons. The number of unbranched alkanes of at least 4 members (excludes halogenated alkanes) is 5. The minimum absolute atomic E-state index is 0.0263. The second-order valence-corrected chi connectivity index (χ2v) is 16.3. The summed E-state index contributed by atoms with van der Waals surface area (Å²) in [6, 6.07) is 18.9. The van der Waals surface area contributed by atoms with E-state index < -0.39 is 16.9 Å². The fraction of sp³-hybridized carbons (Fsp3) is 0.391. The zero-order valence-corrected chi connectivity index (χ0v) is 36.9. The van der Waals surface area contributed by atoms with Gasteiger partial charge in [0.2, 0.25) is 5.70 Å². The van der Waals surface area contributed by atoms with Crippen LogP contribution in [-0.4, -0.2) is 73.4 Å². The number of aryl methyl sites for hydroxylation is 2. The number of rotatable bonds is 22. The lowest BCUT2D eigenvalue weighted by Crippen LogP contribution is -2.51. The maximum absolute atomic E-state index is 13.6. The maximum atomic E-state index is 13.6. The number of allylic oxidation sites excluding steroid dienone is 1. The number of carbonyl (C=O) groups excluding carboxylic acids is 2. The first-order valence-electron chi connectivity index (χ1n) is 20.8. The first-order chi connectivity index (χ1) is 29.4. The first-order valence-corrected chi connectivity index (χ1v) is 21.8. The summed E-state index contributed by atoms with van der Waals surface area (Å²) in [6.45, 7) is 20.9. The fourth-order valence-electron chi connectivity index (χ4n) is 7.46. The van der Waals surface area contributed by atoms with Crippen LogP contribution in [0.3, 0.4) is 0 Å². The minimum Gasteiger partial charge on any atom is -0.490 e. The lowest BCUT2D eigenvalue weighted by molar-refractivity contribution is -0.116. The van der Waals surface area contributed by atoms with Crippen molar-refractivity contribution in [1.29, 1.82) is 0 Å². The highest BCUT2D eigenvalue weighted by molar-refractivity contribution is 7.82. The average Bonchev–Trinajstić information content (AvgIpc) is 3.99. The topological polar surface area (TPSA) is 141 Å². The number of hydrogen-bond acceptors (Lipinski definition) is 10. The van der Waals surface area contributed by atoms with Crippen LogP contribution in [0.5, 0.6) is 11.5 Å². The summed E-state index contributed by atoms with van der Waals surface area (Å²) in [6.07, 6.45) is 11.7. The number of benzene rings is 3. The van der Waals surface area contributed by atoms with Gasteiger partial charge in [-0.15, -0.1) is 5.10 Å². The number of ketones is 2. The van der Waals surface area contributed by atoms with E-state index in [0.717, 1.165) is 41.9 Å². The van der Waals surface area contributed by atoms with Gasteiger partial charge in [-0.25, -0.2) is 19.5 Å². The average molecular weight is 846 g/mol. The quantitative estimate of drug-likeness (QED) is 0.0532. The lowest BCUT2D eigenvalue weighted by Gasteiger charge is -2.38. The number of fused-ring (bicyclic) bond motifs is 1. The SMILES string of the molecule is [C-]#[N+]C1=C(C(C)=O)c2nc(-c3ccc(C)c(NS(=O)Oc4cc(C)ccc4OCCCCCCCC)c3)nn2C1(CN(CC(C)=O)c1ccc(N(C)CC)cc1)n1ccnc1. The van der Waals surface area contributed by atoms with E-state index in [1.807, 2.05) is 74.3 Å². The monoisotopic (exact) mass is 845 g/mol. The molecule has 1 aliphatic heterocycles. The molecule has 61 heavy (non-hydrogen) atoms. The summed E-state index contributed by atoms with van der Waals surface area (Å²) in [5, 5.41) is 5.02. The molecule has 3 heterocycles. The molecule has 0 aliphatic carbocycles. The molecular weight excluding hydrogens is 791 g/mol. The number of aromatic nitrogens is 5.